The summed E-state index contributed by atoms with van der Waals surface area (Å²) < 4.78 is 0. The Bertz CT molecular complexity index is 503. The fourth-order valence-electron chi connectivity index (χ4n) is 2.66. The van der Waals surface area contributed by atoms with Crippen LogP contribution in [-0.4, -0.2) is 11.7 Å². The summed E-state index contributed by atoms with van der Waals surface area (Å²) in [6.07, 6.45) is 1.78. The van der Waals surface area contributed by atoms with Crippen molar-refractivity contribution in [2.24, 2.45) is 0 Å². The van der Waals surface area contributed by atoms with Crippen molar-refractivity contribution in [1.29, 1.82) is 0 Å². The molecule has 0 heterocycles. The van der Waals surface area contributed by atoms with Crippen LogP contribution < -0.4 is 0 Å². The van der Waals surface area contributed by atoms with E-state index in [4.69, 9.17) is 0 Å². The number of hydrogen-bond donors (Lipinski definition) is 1. The summed E-state index contributed by atoms with van der Waals surface area (Å²) in [6.45, 7) is 6.14. The van der Waals surface area contributed by atoms with Crippen LogP contribution in [-0.2, 0) is 5.41 Å². The Labute approximate surface area is 121 Å². The fourth-order valence-corrected chi connectivity index (χ4v) is 2.66. The van der Waals surface area contributed by atoms with Gasteiger partial charge in [-0.1, -0.05) is 66.2 Å². The molecule has 0 unspecified atom stereocenters. The first-order valence-electron chi connectivity index (χ1n) is 7.05. The highest BCUT2D eigenvalue weighted by molar-refractivity contribution is 5.39. The van der Waals surface area contributed by atoms with Crippen LogP contribution in [0.4, 0.5) is 0 Å². The molecule has 1 nitrogen and oxygen atoms in total. The largest absolute Gasteiger partial charge is 0.395 e. The fraction of sp³-hybridized carbons (Fsp3) is 0.263. The molecule has 104 valence electrons. The molecule has 0 spiro atoms. The first-order chi connectivity index (χ1) is 9.69. The summed E-state index contributed by atoms with van der Waals surface area (Å²) in [6, 6.07) is 20.5. The van der Waals surface area contributed by atoms with E-state index in [0.717, 1.165) is 29.5 Å². The summed E-state index contributed by atoms with van der Waals surface area (Å²) in [5.41, 5.74) is 3.13. The number of aliphatic hydroxyl groups excluding tert-OH is 1. The van der Waals surface area contributed by atoms with Gasteiger partial charge in [0, 0.05) is 5.41 Å². The minimum absolute atomic E-state index is 0.105. The van der Waals surface area contributed by atoms with Gasteiger partial charge in [0.25, 0.3) is 0 Å². The summed E-state index contributed by atoms with van der Waals surface area (Å²) >= 11 is 0. The van der Waals surface area contributed by atoms with Crippen molar-refractivity contribution in [2.75, 3.05) is 6.61 Å². The van der Waals surface area contributed by atoms with E-state index in [1.807, 2.05) is 43.3 Å². The summed E-state index contributed by atoms with van der Waals surface area (Å²) in [7, 11) is 0. The van der Waals surface area contributed by atoms with Gasteiger partial charge in [0.15, 0.2) is 0 Å². The maximum atomic E-state index is 10.2. The van der Waals surface area contributed by atoms with Gasteiger partial charge in [-0.3, -0.25) is 0 Å². The Morgan fingerprint density at radius 2 is 1.40 bits per heavy atom. The van der Waals surface area contributed by atoms with Crippen molar-refractivity contribution in [2.45, 2.75) is 25.2 Å². The molecule has 0 bridgehead atoms. The lowest BCUT2D eigenvalue weighted by Crippen LogP contribution is -2.32. The third-order valence-corrected chi connectivity index (χ3v) is 3.90. The first kappa shape index (κ1) is 14.5. The molecule has 2 aromatic rings. The van der Waals surface area contributed by atoms with E-state index >= 15 is 0 Å². The Hall–Kier alpha value is -1.86. The van der Waals surface area contributed by atoms with Crippen LogP contribution in [0.5, 0.6) is 0 Å². The van der Waals surface area contributed by atoms with Gasteiger partial charge in [-0.05, 0) is 30.9 Å². The predicted octanol–water partition coefficient (Wildman–Crippen LogP) is 4.32. The lowest BCUT2D eigenvalue weighted by molar-refractivity contribution is 0.211. The molecule has 0 aliphatic carbocycles. The highest BCUT2D eigenvalue weighted by atomic mass is 16.3. The van der Waals surface area contributed by atoms with Gasteiger partial charge in [0.2, 0.25) is 0 Å². The number of rotatable bonds is 6. The van der Waals surface area contributed by atoms with E-state index in [0.29, 0.717) is 0 Å². The minimum Gasteiger partial charge on any atom is -0.395 e. The number of hydrogen-bond acceptors (Lipinski definition) is 1. The van der Waals surface area contributed by atoms with E-state index in [1.165, 1.54) is 0 Å². The maximum Gasteiger partial charge on any atom is 0.0568 e. The van der Waals surface area contributed by atoms with Crippen LogP contribution in [0, 0.1) is 0 Å². The van der Waals surface area contributed by atoms with Crippen molar-refractivity contribution in [3.63, 3.8) is 0 Å². The molecule has 0 aliphatic rings. The van der Waals surface area contributed by atoms with Crippen molar-refractivity contribution >= 4 is 0 Å². The normalized spacial score (nSPS) is 11.3. The zero-order chi connectivity index (χ0) is 14.4. The van der Waals surface area contributed by atoms with Gasteiger partial charge < -0.3 is 5.11 Å². The second-order valence-electron chi connectivity index (χ2n) is 5.43. The Balaban J connectivity index is 2.49. The van der Waals surface area contributed by atoms with E-state index in [2.05, 4.69) is 30.8 Å². The van der Waals surface area contributed by atoms with E-state index < -0.39 is 0 Å². The molecule has 1 N–H and O–H groups in total. The standard InChI is InChI=1S/C19H22O/c1-16(2)13-14-19(15-20,17-9-5-3-6-10-17)18-11-7-4-8-12-18/h3-12,20H,1,13-15H2,2H3. The third-order valence-electron chi connectivity index (χ3n) is 3.90. The molecular formula is C19H22O. The average molecular weight is 266 g/mol. The highest BCUT2D eigenvalue weighted by Crippen LogP contribution is 2.37. The van der Waals surface area contributed by atoms with Crippen LogP contribution in [0.1, 0.15) is 30.9 Å². The van der Waals surface area contributed by atoms with Gasteiger partial charge in [0.1, 0.15) is 0 Å². The zero-order valence-corrected chi connectivity index (χ0v) is 12.0. The molecule has 0 amide bonds. The molecule has 0 fully saturated rings. The van der Waals surface area contributed by atoms with Crippen LogP contribution >= 0.6 is 0 Å². The van der Waals surface area contributed by atoms with Crippen LogP contribution in [0.3, 0.4) is 0 Å². The molecule has 20 heavy (non-hydrogen) atoms. The van der Waals surface area contributed by atoms with Crippen molar-refractivity contribution in [3.8, 4) is 0 Å². The summed E-state index contributed by atoms with van der Waals surface area (Å²) in [5, 5.41) is 10.2. The second kappa shape index (κ2) is 6.53. The van der Waals surface area contributed by atoms with Gasteiger partial charge in [-0.2, -0.15) is 0 Å². The lowest BCUT2D eigenvalue weighted by Gasteiger charge is -2.33. The number of aliphatic hydroxyl groups is 1. The van der Waals surface area contributed by atoms with Crippen molar-refractivity contribution < 1.29 is 5.11 Å². The molecule has 0 radical (unpaired) electrons. The highest BCUT2D eigenvalue weighted by Gasteiger charge is 2.32. The first-order valence-corrected chi connectivity index (χ1v) is 7.05. The quantitative estimate of drug-likeness (QED) is 0.772. The van der Waals surface area contributed by atoms with Crippen LogP contribution in [0.2, 0.25) is 0 Å². The molecule has 0 aliphatic heterocycles. The average Bonchev–Trinajstić information content (AvgIpc) is 2.50. The number of benzene rings is 2. The Morgan fingerprint density at radius 1 is 0.950 bits per heavy atom. The van der Waals surface area contributed by atoms with Crippen LogP contribution in [0.25, 0.3) is 0 Å². The molecule has 1 heteroatoms. The Kier molecular flexibility index (Phi) is 4.75. The molecular weight excluding hydrogens is 244 g/mol. The Morgan fingerprint density at radius 3 is 1.75 bits per heavy atom. The van der Waals surface area contributed by atoms with Crippen LogP contribution in [0.15, 0.2) is 72.8 Å². The minimum atomic E-state index is -0.346. The monoisotopic (exact) mass is 266 g/mol. The topological polar surface area (TPSA) is 20.2 Å². The molecule has 0 saturated carbocycles. The summed E-state index contributed by atoms with van der Waals surface area (Å²) in [5.74, 6) is 0. The van der Waals surface area contributed by atoms with E-state index in [1.54, 1.807) is 0 Å². The summed E-state index contributed by atoms with van der Waals surface area (Å²) in [4.78, 5) is 0. The smallest absolute Gasteiger partial charge is 0.0568 e. The van der Waals surface area contributed by atoms with E-state index in [-0.39, 0.29) is 12.0 Å². The van der Waals surface area contributed by atoms with Gasteiger partial charge in [0.05, 0.1) is 6.61 Å². The third kappa shape index (κ3) is 3.00. The molecule has 2 aromatic carbocycles. The number of allylic oxidation sites excluding steroid dienone is 1. The van der Waals surface area contributed by atoms with Gasteiger partial charge >= 0.3 is 0 Å². The molecule has 0 atom stereocenters. The predicted molar refractivity (Wildman–Crippen MR) is 84.8 cm³/mol. The maximum absolute atomic E-state index is 10.2. The van der Waals surface area contributed by atoms with Crippen molar-refractivity contribution in [1.82, 2.24) is 0 Å². The van der Waals surface area contributed by atoms with Gasteiger partial charge in [-0.15, -0.1) is 6.58 Å². The second-order valence-corrected chi connectivity index (χ2v) is 5.43. The SMILES string of the molecule is C=C(C)CCC(CO)(c1ccccc1)c1ccccc1. The van der Waals surface area contributed by atoms with Gasteiger partial charge in [-0.25, -0.2) is 0 Å². The zero-order valence-electron chi connectivity index (χ0n) is 12.0. The van der Waals surface area contributed by atoms with Crippen molar-refractivity contribution in [3.05, 3.63) is 83.9 Å². The molecule has 0 saturated heterocycles. The van der Waals surface area contributed by atoms with E-state index in [9.17, 15) is 5.11 Å². The molecule has 0 aromatic heterocycles. The lowest BCUT2D eigenvalue weighted by atomic mass is 9.71. The molecule has 2 rings (SSSR count).